The number of aromatic nitrogens is 3. The lowest BCUT2D eigenvalue weighted by molar-refractivity contribution is 0.102. The van der Waals surface area contributed by atoms with E-state index in [0.717, 1.165) is 31.5 Å². The van der Waals surface area contributed by atoms with Gasteiger partial charge in [0, 0.05) is 24.0 Å². The molecule has 0 aliphatic carbocycles. The zero-order valence-corrected chi connectivity index (χ0v) is 13.7. The fourth-order valence-electron chi connectivity index (χ4n) is 3.01. The summed E-state index contributed by atoms with van der Waals surface area (Å²) in [5.41, 5.74) is 1.89. The Balaban J connectivity index is 1.47. The van der Waals surface area contributed by atoms with Crippen LogP contribution in [0.3, 0.4) is 0 Å². The summed E-state index contributed by atoms with van der Waals surface area (Å²) in [6.45, 7) is 1.94. The SMILES string of the molecule is O=C(Nc1cccc(-c2ncco2)c1)c1ccn(C2CCCNC2)n1. The van der Waals surface area contributed by atoms with Gasteiger partial charge in [0.25, 0.3) is 5.91 Å². The van der Waals surface area contributed by atoms with Crippen LogP contribution < -0.4 is 10.6 Å². The average molecular weight is 337 g/mol. The van der Waals surface area contributed by atoms with Crippen molar-refractivity contribution in [2.75, 3.05) is 18.4 Å². The number of oxazole rings is 1. The zero-order chi connectivity index (χ0) is 17.1. The zero-order valence-electron chi connectivity index (χ0n) is 13.7. The number of amides is 1. The number of benzene rings is 1. The average Bonchev–Trinajstić information content (AvgIpc) is 3.35. The van der Waals surface area contributed by atoms with Crippen LogP contribution in [0.4, 0.5) is 5.69 Å². The summed E-state index contributed by atoms with van der Waals surface area (Å²) < 4.78 is 7.17. The number of rotatable bonds is 4. The van der Waals surface area contributed by atoms with Gasteiger partial charge in [-0.3, -0.25) is 9.48 Å². The highest BCUT2D eigenvalue weighted by Crippen LogP contribution is 2.21. The Labute approximate surface area is 145 Å². The predicted molar refractivity (Wildman–Crippen MR) is 93.3 cm³/mol. The molecule has 1 amide bonds. The molecule has 7 heteroatoms. The van der Waals surface area contributed by atoms with Gasteiger partial charge in [-0.2, -0.15) is 5.10 Å². The molecule has 2 aromatic heterocycles. The maximum absolute atomic E-state index is 12.5. The standard InChI is InChI=1S/C18H19N5O2/c24-17(16-6-9-23(22-16)15-5-2-7-19-12-15)21-14-4-1-3-13(11-14)18-20-8-10-25-18/h1,3-4,6,8-11,15,19H,2,5,7,12H2,(H,21,24). The molecule has 2 N–H and O–H groups in total. The number of carbonyl (C=O) groups excluding carboxylic acids is 1. The molecular formula is C18H19N5O2. The van der Waals surface area contributed by atoms with Gasteiger partial charge in [0.2, 0.25) is 5.89 Å². The minimum atomic E-state index is -0.230. The van der Waals surface area contributed by atoms with Crippen LogP contribution in [-0.4, -0.2) is 33.8 Å². The first-order valence-electron chi connectivity index (χ1n) is 8.37. The highest BCUT2D eigenvalue weighted by molar-refractivity contribution is 6.03. The van der Waals surface area contributed by atoms with E-state index in [2.05, 4.69) is 20.7 Å². The largest absolute Gasteiger partial charge is 0.445 e. The van der Waals surface area contributed by atoms with Crippen molar-refractivity contribution >= 4 is 11.6 Å². The molecule has 1 aromatic carbocycles. The number of piperidine rings is 1. The quantitative estimate of drug-likeness (QED) is 0.764. The molecule has 1 fully saturated rings. The Morgan fingerprint density at radius 1 is 1.36 bits per heavy atom. The topological polar surface area (TPSA) is 85.0 Å². The second-order valence-electron chi connectivity index (χ2n) is 6.05. The number of anilines is 1. The van der Waals surface area contributed by atoms with Gasteiger partial charge in [0.05, 0.1) is 12.2 Å². The molecule has 3 heterocycles. The van der Waals surface area contributed by atoms with Crippen molar-refractivity contribution in [2.24, 2.45) is 0 Å². The first-order valence-corrected chi connectivity index (χ1v) is 8.37. The number of carbonyl (C=O) groups is 1. The van der Waals surface area contributed by atoms with Crippen LogP contribution in [0.25, 0.3) is 11.5 Å². The van der Waals surface area contributed by atoms with Crippen molar-refractivity contribution in [3.05, 3.63) is 54.7 Å². The Kier molecular flexibility index (Phi) is 4.30. The van der Waals surface area contributed by atoms with Gasteiger partial charge in [-0.05, 0) is 43.7 Å². The van der Waals surface area contributed by atoms with Crippen molar-refractivity contribution < 1.29 is 9.21 Å². The smallest absolute Gasteiger partial charge is 0.276 e. The van der Waals surface area contributed by atoms with E-state index in [9.17, 15) is 4.79 Å². The van der Waals surface area contributed by atoms with Crippen LogP contribution in [0.2, 0.25) is 0 Å². The normalized spacial score (nSPS) is 17.4. The third-order valence-electron chi connectivity index (χ3n) is 4.29. The fraction of sp³-hybridized carbons (Fsp3) is 0.278. The monoisotopic (exact) mass is 337 g/mol. The first kappa shape index (κ1) is 15.6. The van der Waals surface area contributed by atoms with Crippen LogP contribution in [-0.2, 0) is 0 Å². The Hall–Kier alpha value is -2.93. The molecule has 0 spiro atoms. The van der Waals surface area contributed by atoms with Crippen molar-refractivity contribution in [1.82, 2.24) is 20.1 Å². The van der Waals surface area contributed by atoms with E-state index in [1.165, 1.54) is 6.26 Å². The lowest BCUT2D eigenvalue weighted by atomic mass is 10.1. The summed E-state index contributed by atoms with van der Waals surface area (Å²) in [5.74, 6) is 0.289. The molecule has 7 nitrogen and oxygen atoms in total. The van der Waals surface area contributed by atoms with Crippen molar-refractivity contribution in [3.8, 4) is 11.5 Å². The summed E-state index contributed by atoms with van der Waals surface area (Å²) >= 11 is 0. The molecule has 128 valence electrons. The van der Waals surface area contributed by atoms with Crippen molar-refractivity contribution in [1.29, 1.82) is 0 Å². The van der Waals surface area contributed by atoms with Crippen LogP contribution in [0.15, 0.2) is 53.4 Å². The van der Waals surface area contributed by atoms with Crippen molar-refractivity contribution in [3.63, 3.8) is 0 Å². The molecule has 1 unspecified atom stereocenters. The van der Waals surface area contributed by atoms with Crippen LogP contribution in [0, 0.1) is 0 Å². The minimum absolute atomic E-state index is 0.230. The number of nitrogens with zero attached hydrogens (tertiary/aromatic N) is 3. The fourth-order valence-corrected chi connectivity index (χ4v) is 3.01. The molecule has 0 radical (unpaired) electrons. The van der Waals surface area contributed by atoms with Crippen LogP contribution in [0.1, 0.15) is 29.4 Å². The molecule has 1 aliphatic rings. The summed E-state index contributed by atoms with van der Waals surface area (Å²) in [6, 6.07) is 9.44. The van der Waals surface area contributed by atoms with Gasteiger partial charge in [-0.25, -0.2) is 4.98 Å². The Morgan fingerprint density at radius 2 is 2.32 bits per heavy atom. The van der Waals surface area contributed by atoms with Gasteiger partial charge in [-0.1, -0.05) is 6.07 Å². The molecule has 1 saturated heterocycles. The van der Waals surface area contributed by atoms with Gasteiger partial charge in [-0.15, -0.1) is 0 Å². The number of nitrogens with one attached hydrogen (secondary N) is 2. The van der Waals surface area contributed by atoms with Crippen LogP contribution >= 0.6 is 0 Å². The molecular weight excluding hydrogens is 318 g/mol. The summed E-state index contributed by atoms with van der Waals surface area (Å²) in [4.78, 5) is 16.6. The Bertz CT molecular complexity index is 850. The Morgan fingerprint density at radius 3 is 3.12 bits per heavy atom. The lowest BCUT2D eigenvalue weighted by Crippen LogP contribution is -2.32. The summed E-state index contributed by atoms with van der Waals surface area (Å²) in [5, 5.41) is 10.7. The van der Waals surface area contributed by atoms with E-state index in [-0.39, 0.29) is 5.91 Å². The van der Waals surface area contributed by atoms with Crippen LogP contribution in [0.5, 0.6) is 0 Å². The van der Waals surface area contributed by atoms with E-state index in [0.29, 0.717) is 23.3 Å². The number of hydrogen-bond acceptors (Lipinski definition) is 5. The number of hydrogen-bond donors (Lipinski definition) is 2. The summed E-state index contributed by atoms with van der Waals surface area (Å²) in [7, 11) is 0. The highest BCUT2D eigenvalue weighted by Gasteiger charge is 2.18. The van der Waals surface area contributed by atoms with Gasteiger partial charge < -0.3 is 15.1 Å². The molecule has 4 rings (SSSR count). The maximum Gasteiger partial charge on any atom is 0.276 e. The highest BCUT2D eigenvalue weighted by atomic mass is 16.3. The third kappa shape index (κ3) is 3.46. The second kappa shape index (κ2) is 6.90. The van der Waals surface area contributed by atoms with E-state index in [1.54, 1.807) is 12.3 Å². The molecule has 0 saturated carbocycles. The molecule has 1 aliphatic heterocycles. The molecule has 0 bridgehead atoms. The second-order valence-corrected chi connectivity index (χ2v) is 6.05. The van der Waals surface area contributed by atoms with Gasteiger partial charge in [0.1, 0.15) is 6.26 Å². The minimum Gasteiger partial charge on any atom is -0.445 e. The first-order chi connectivity index (χ1) is 12.3. The van der Waals surface area contributed by atoms with E-state index < -0.39 is 0 Å². The molecule has 3 aromatic rings. The van der Waals surface area contributed by atoms with E-state index >= 15 is 0 Å². The third-order valence-corrected chi connectivity index (χ3v) is 4.29. The van der Waals surface area contributed by atoms with Crippen molar-refractivity contribution in [2.45, 2.75) is 18.9 Å². The van der Waals surface area contributed by atoms with E-state index in [1.807, 2.05) is 35.1 Å². The predicted octanol–water partition coefficient (Wildman–Crippen LogP) is 2.71. The molecule has 25 heavy (non-hydrogen) atoms. The van der Waals surface area contributed by atoms with Gasteiger partial charge >= 0.3 is 0 Å². The maximum atomic E-state index is 12.5. The lowest BCUT2D eigenvalue weighted by Gasteiger charge is -2.22. The molecule has 1 atom stereocenters. The van der Waals surface area contributed by atoms with Gasteiger partial charge in [0.15, 0.2) is 5.69 Å². The van der Waals surface area contributed by atoms with E-state index in [4.69, 9.17) is 4.42 Å². The summed E-state index contributed by atoms with van der Waals surface area (Å²) in [6.07, 6.45) is 7.18.